The molecule has 7 aromatic carbocycles. The van der Waals surface area contributed by atoms with Gasteiger partial charge >= 0.3 is 0 Å². The predicted octanol–water partition coefficient (Wildman–Crippen LogP) is 12.3. The number of para-hydroxylation sites is 5. The number of imidazole rings is 1. The van der Waals surface area contributed by atoms with Crippen LogP contribution >= 0.6 is 22.7 Å². The number of benzene rings is 7. The number of nitrogens with zero attached hydrogens (tertiary/aromatic N) is 3. The molecule has 4 aromatic heterocycles. The molecule has 1 N–H and O–H groups in total. The van der Waals surface area contributed by atoms with Gasteiger partial charge in [0.15, 0.2) is 5.58 Å². The Hall–Kier alpha value is -6.41. The van der Waals surface area contributed by atoms with Crippen LogP contribution in [0.1, 0.15) is 44.2 Å². The van der Waals surface area contributed by atoms with Crippen LogP contribution in [0.2, 0.25) is 0 Å². The van der Waals surface area contributed by atoms with Gasteiger partial charge in [-0.2, -0.15) is 0 Å². The van der Waals surface area contributed by atoms with E-state index in [1.165, 1.54) is 26.1 Å². The summed E-state index contributed by atoms with van der Waals surface area (Å²) in [5.74, 6) is 1.21. The highest BCUT2D eigenvalue weighted by Crippen LogP contribution is 2.67. The van der Waals surface area contributed by atoms with Crippen molar-refractivity contribution >= 4 is 75.9 Å². The number of thiazole rings is 1. The fourth-order valence-corrected chi connectivity index (χ4v) is 12.2. The number of hydrogen-bond acceptors (Lipinski definition) is 6. The molecule has 56 heavy (non-hydrogen) atoms. The maximum absolute atomic E-state index is 7.30. The van der Waals surface area contributed by atoms with Crippen LogP contribution < -0.4 is 0 Å². The van der Waals surface area contributed by atoms with E-state index >= 15 is 0 Å². The molecule has 1 aliphatic rings. The Balaban J connectivity index is 1.38. The first-order chi connectivity index (χ1) is 27.7. The highest BCUT2D eigenvalue weighted by atomic mass is 32.1. The molecule has 1 aliphatic carbocycles. The number of thiophene rings is 1. The topological polar surface area (TPSA) is 67.6 Å². The number of fused-ring (bicyclic) bond motifs is 6. The summed E-state index contributed by atoms with van der Waals surface area (Å²) in [6.45, 7) is 0. The van der Waals surface area contributed by atoms with Crippen LogP contribution in [0.25, 0.3) is 53.2 Å². The average Bonchev–Trinajstić information content (AvgIpc) is 4.07. The average molecular weight is 757 g/mol. The predicted molar refractivity (Wildman–Crippen MR) is 229 cm³/mol. The minimum absolute atomic E-state index is 0.200. The van der Waals surface area contributed by atoms with Crippen LogP contribution in [0.5, 0.6) is 0 Å². The van der Waals surface area contributed by atoms with E-state index in [9.17, 15) is 0 Å². The van der Waals surface area contributed by atoms with Gasteiger partial charge in [-0.15, -0.1) is 22.7 Å². The highest BCUT2D eigenvalue weighted by molar-refractivity contribution is 7.19. The van der Waals surface area contributed by atoms with E-state index in [4.69, 9.17) is 19.4 Å². The number of rotatable bonds is 5. The van der Waals surface area contributed by atoms with Gasteiger partial charge in [0.1, 0.15) is 21.8 Å². The van der Waals surface area contributed by atoms with E-state index in [0.29, 0.717) is 5.89 Å². The molecular weight excluding hydrogens is 725 g/mol. The van der Waals surface area contributed by atoms with Gasteiger partial charge in [0, 0.05) is 15.5 Å². The maximum atomic E-state index is 7.30. The van der Waals surface area contributed by atoms with Crippen LogP contribution in [0.4, 0.5) is 0 Å². The van der Waals surface area contributed by atoms with Gasteiger partial charge in [-0.3, -0.25) is 0 Å². The molecule has 0 saturated heterocycles. The summed E-state index contributed by atoms with van der Waals surface area (Å²) in [6.07, 6.45) is 0.732. The monoisotopic (exact) mass is 756 g/mol. The standard InChI is InChI=1S/C49H32N4OS2/c1-4-18-33-30(14-1)17-13-20-35(33)48(47-53-40-24-9-12-27-43(40)56-47)34-19-5-2-15-31(34)28-36(44-29-32-16-3-11-26-42(32)55-44)49(48,45-50-37-21-6-7-22-38(37)51-45)46-52-39-23-8-10-25-41(39)54-46/h1-27,29,36H,28H2,(H,50,51). The Morgan fingerprint density at radius 3 is 2.12 bits per heavy atom. The van der Waals surface area contributed by atoms with E-state index in [1.54, 1.807) is 11.3 Å². The van der Waals surface area contributed by atoms with Crippen molar-refractivity contribution in [2.24, 2.45) is 0 Å². The summed E-state index contributed by atoms with van der Waals surface area (Å²) in [6, 6.07) is 60.6. The van der Waals surface area contributed by atoms with Crippen LogP contribution in [-0.2, 0) is 17.3 Å². The minimum atomic E-state index is -1.10. The molecule has 4 heterocycles. The van der Waals surface area contributed by atoms with Crippen LogP contribution in [-0.4, -0.2) is 19.9 Å². The van der Waals surface area contributed by atoms with Crippen LogP contribution in [0.15, 0.2) is 174 Å². The Kier molecular flexibility index (Phi) is 6.86. The normalized spacial score (nSPS) is 19.7. The van der Waals surface area contributed by atoms with Gasteiger partial charge in [0.25, 0.3) is 0 Å². The van der Waals surface area contributed by atoms with Gasteiger partial charge < -0.3 is 9.40 Å². The van der Waals surface area contributed by atoms with Crippen molar-refractivity contribution in [2.45, 2.75) is 23.2 Å². The smallest absolute Gasteiger partial charge is 0.211 e. The number of H-pyrrole nitrogens is 1. The zero-order chi connectivity index (χ0) is 36.8. The van der Waals surface area contributed by atoms with Crippen molar-refractivity contribution in [1.82, 2.24) is 19.9 Å². The molecule has 12 rings (SSSR count). The fourth-order valence-electron chi connectivity index (χ4n) is 9.67. The molecule has 0 aliphatic heterocycles. The Morgan fingerprint density at radius 1 is 0.571 bits per heavy atom. The number of hydrogen-bond donors (Lipinski definition) is 1. The molecule has 0 fully saturated rings. The van der Waals surface area contributed by atoms with Gasteiger partial charge in [-0.25, -0.2) is 15.0 Å². The van der Waals surface area contributed by atoms with Crippen molar-refractivity contribution in [2.75, 3.05) is 0 Å². The maximum Gasteiger partial charge on any atom is 0.211 e. The van der Waals surface area contributed by atoms with Gasteiger partial charge in [0.2, 0.25) is 5.89 Å². The van der Waals surface area contributed by atoms with Crippen molar-refractivity contribution < 1.29 is 4.42 Å². The molecule has 3 unspecified atom stereocenters. The highest BCUT2D eigenvalue weighted by Gasteiger charge is 2.69. The summed E-state index contributed by atoms with van der Waals surface area (Å²) < 4.78 is 9.67. The number of oxazole rings is 1. The fraction of sp³-hybridized carbons (Fsp3) is 0.0816. The zero-order valence-corrected chi connectivity index (χ0v) is 31.6. The summed E-state index contributed by atoms with van der Waals surface area (Å²) >= 11 is 3.61. The van der Waals surface area contributed by atoms with Crippen LogP contribution in [0, 0.1) is 0 Å². The van der Waals surface area contributed by atoms with Gasteiger partial charge in [0.05, 0.1) is 26.7 Å². The number of nitrogens with one attached hydrogen (secondary N) is 1. The third-order valence-electron chi connectivity index (χ3n) is 12.0. The van der Waals surface area contributed by atoms with E-state index in [0.717, 1.165) is 65.9 Å². The van der Waals surface area contributed by atoms with E-state index < -0.39 is 10.8 Å². The third kappa shape index (κ3) is 4.32. The zero-order valence-electron chi connectivity index (χ0n) is 30.0. The van der Waals surface area contributed by atoms with Crippen molar-refractivity contribution in [3.05, 3.63) is 208 Å². The lowest BCUT2D eigenvalue weighted by Crippen LogP contribution is -2.59. The third-order valence-corrected chi connectivity index (χ3v) is 14.3. The molecule has 0 radical (unpaired) electrons. The lowest BCUT2D eigenvalue weighted by atomic mass is 9.46. The Morgan fingerprint density at radius 2 is 1.27 bits per heavy atom. The second kappa shape index (κ2) is 12.0. The molecule has 5 nitrogen and oxygen atoms in total. The molecule has 266 valence electrons. The molecular formula is C49H32N4OS2. The van der Waals surface area contributed by atoms with Crippen molar-refractivity contribution in [3.63, 3.8) is 0 Å². The summed E-state index contributed by atoms with van der Waals surface area (Å²) in [4.78, 5) is 22.2. The Labute approximate surface area is 330 Å². The molecule has 0 bridgehead atoms. The van der Waals surface area contributed by atoms with E-state index in [2.05, 4.69) is 157 Å². The summed E-state index contributed by atoms with van der Waals surface area (Å²) in [5, 5.41) is 4.50. The lowest BCUT2D eigenvalue weighted by molar-refractivity contribution is 0.214. The largest absolute Gasteiger partial charge is 0.439 e. The molecule has 0 spiro atoms. The number of aromatic nitrogens is 4. The quantitative estimate of drug-likeness (QED) is 0.190. The van der Waals surface area contributed by atoms with E-state index in [1.807, 2.05) is 29.5 Å². The number of aromatic amines is 1. The molecule has 11 aromatic rings. The van der Waals surface area contributed by atoms with Crippen molar-refractivity contribution in [1.29, 1.82) is 0 Å². The first kappa shape index (κ1) is 31.9. The summed E-state index contributed by atoms with van der Waals surface area (Å²) in [5.41, 5.74) is 5.83. The molecule has 0 amide bonds. The summed E-state index contributed by atoms with van der Waals surface area (Å²) in [7, 11) is 0. The second-order valence-electron chi connectivity index (χ2n) is 14.8. The first-order valence-electron chi connectivity index (χ1n) is 18.9. The lowest BCUT2D eigenvalue weighted by Gasteiger charge is -2.55. The Bertz CT molecular complexity index is 3090. The van der Waals surface area contributed by atoms with Gasteiger partial charge in [-0.1, -0.05) is 121 Å². The van der Waals surface area contributed by atoms with E-state index in [-0.39, 0.29) is 5.92 Å². The first-order valence-corrected chi connectivity index (χ1v) is 20.6. The molecule has 0 saturated carbocycles. The van der Waals surface area contributed by atoms with Gasteiger partial charge in [-0.05, 0) is 87.8 Å². The van der Waals surface area contributed by atoms with Crippen molar-refractivity contribution in [3.8, 4) is 0 Å². The second-order valence-corrected chi connectivity index (χ2v) is 16.9. The SMILES string of the molecule is c1ccc2c(c1)CC(c1cc3ccccc3s1)C(c1nc3ccccc3[nH]1)(c1nc3ccccc3o1)C2(c1nc2ccccc2s1)c1cccc2ccccc12. The minimum Gasteiger partial charge on any atom is -0.439 e. The molecule has 3 atom stereocenters. The molecule has 7 heteroatoms. The van der Waals surface area contributed by atoms with Crippen LogP contribution in [0.3, 0.4) is 0 Å².